The summed E-state index contributed by atoms with van der Waals surface area (Å²) >= 11 is 0. The van der Waals surface area contributed by atoms with E-state index in [1.807, 2.05) is 0 Å². The van der Waals surface area contributed by atoms with Crippen molar-refractivity contribution in [2.24, 2.45) is 0 Å². The summed E-state index contributed by atoms with van der Waals surface area (Å²) in [5.74, 6) is -1.64. The Labute approximate surface area is 80.9 Å². The second-order valence-electron chi connectivity index (χ2n) is 2.35. The Morgan fingerprint density at radius 1 is 0.833 bits per heavy atom. The van der Waals surface area contributed by atoms with Crippen LogP contribution in [0, 0.1) is 0 Å². The Kier molecular flexibility index (Phi) is 9.94. The van der Waals surface area contributed by atoms with Crippen molar-refractivity contribution in [3.63, 3.8) is 0 Å². The number of aliphatic carboxylic acids is 2. The van der Waals surface area contributed by atoms with E-state index >= 15 is 0 Å². The molecular formula is C7H12NiO4+2. The van der Waals surface area contributed by atoms with Gasteiger partial charge in [0.25, 0.3) is 0 Å². The maximum Gasteiger partial charge on any atom is 2.00 e. The van der Waals surface area contributed by atoms with E-state index in [0.29, 0.717) is 19.3 Å². The van der Waals surface area contributed by atoms with Crippen molar-refractivity contribution in [2.45, 2.75) is 32.1 Å². The predicted octanol–water partition coefficient (Wildman–Crippen LogP) is 1.10. The fraction of sp³-hybridized carbons (Fsp3) is 0.714. The van der Waals surface area contributed by atoms with Crippen molar-refractivity contribution in [2.75, 3.05) is 0 Å². The van der Waals surface area contributed by atoms with Crippen LogP contribution in [-0.4, -0.2) is 22.2 Å². The summed E-state index contributed by atoms with van der Waals surface area (Å²) in [6, 6.07) is 0. The molecule has 0 rings (SSSR count). The Bertz CT molecular complexity index is 130. The zero-order valence-corrected chi connectivity index (χ0v) is 7.55. The van der Waals surface area contributed by atoms with Crippen LogP contribution in [-0.2, 0) is 26.1 Å². The van der Waals surface area contributed by atoms with Gasteiger partial charge in [0.2, 0.25) is 0 Å². The molecule has 0 saturated heterocycles. The van der Waals surface area contributed by atoms with Gasteiger partial charge in [0.05, 0.1) is 0 Å². The van der Waals surface area contributed by atoms with Crippen LogP contribution in [0.3, 0.4) is 0 Å². The molecule has 72 valence electrons. The first-order valence-electron chi connectivity index (χ1n) is 3.56. The Hall–Kier alpha value is -0.566. The number of hydrogen-bond donors (Lipinski definition) is 2. The van der Waals surface area contributed by atoms with Gasteiger partial charge in [-0.15, -0.1) is 0 Å². The summed E-state index contributed by atoms with van der Waals surface area (Å²) in [6.45, 7) is 0. The maximum absolute atomic E-state index is 9.98. The molecule has 5 heteroatoms. The number of carbonyl (C=O) groups is 2. The van der Waals surface area contributed by atoms with Crippen molar-refractivity contribution >= 4 is 11.9 Å². The van der Waals surface area contributed by atoms with Crippen molar-refractivity contribution < 1.29 is 36.3 Å². The normalized spacial score (nSPS) is 8.67. The molecule has 12 heavy (non-hydrogen) atoms. The molecule has 0 aliphatic carbocycles. The first kappa shape index (κ1) is 14.0. The molecule has 0 aliphatic heterocycles. The van der Waals surface area contributed by atoms with Crippen LogP contribution in [0.2, 0.25) is 0 Å². The average Bonchev–Trinajstić information content (AvgIpc) is 1.85. The summed E-state index contributed by atoms with van der Waals surface area (Å²) in [5.41, 5.74) is 0. The number of carboxylic acids is 2. The van der Waals surface area contributed by atoms with Gasteiger partial charge in [-0.05, 0) is 12.8 Å². The van der Waals surface area contributed by atoms with Gasteiger partial charge in [0, 0.05) is 12.8 Å². The van der Waals surface area contributed by atoms with E-state index in [-0.39, 0.29) is 29.3 Å². The fourth-order valence-electron chi connectivity index (χ4n) is 0.729. The number of carboxylic acid groups (broad SMARTS) is 2. The molecule has 0 spiro atoms. The molecule has 0 amide bonds. The third-order valence-electron chi connectivity index (χ3n) is 1.28. The SMILES string of the molecule is O=C(O)CCCCCC(=O)O.[Ni+2]. The number of unbranched alkanes of at least 4 members (excludes halogenated alkanes) is 2. The third-order valence-corrected chi connectivity index (χ3v) is 1.28. The smallest absolute Gasteiger partial charge is 0.481 e. The minimum absolute atomic E-state index is 0. The van der Waals surface area contributed by atoms with Crippen LogP contribution in [0.25, 0.3) is 0 Å². The van der Waals surface area contributed by atoms with Gasteiger partial charge in [-0.25, -0.2) is 0 Å². The van der Waals surface area contributed by atoms with Crippen LogP contribution >= 0.6 is 0 Å². The fourth-order valence-corrected chi connectivity index (χ4v) is 0.729. The topological polar surface area (TPSA) is 74.6 Å². The zero-order valence-electron chi connectivity index (χ0n) is 6.56. The van der Waals surface area contributed by atoms with E-state index in [2.05, 4.69) is 0 Å². The van der Waals surface area contributed by atoms with Crippen LogP contribution in [0.15, 0.2) is 0 Å². The first-order chi connectivity index (χ1) is 5.13. The summed E-state index contributed by atoms with van der Waals surface area (Å²) in [5, 5.41) is 16.4. The average molecular weight is 219 g/mol. The molecule has 0 aromatic carbocycles. The molecule has 0 heterocycles. The van der Waals surface area contributed by atoms with Crippen molar-refractivity contribution in [3.05, 3.63) is 0 Å². The van der Waals surface area contributed by atoms with Gasteiger partial charge >= 0.3 is 28.4 Å². The van der Waals surface area contributed by atoms with Gasteiger partial charge in [0.1, 0.15) is 0 Å². The van der Waals surface area contributed by atoms with E-state index in [1.165, 1.54) is 0 Å². The molecule has 4 nitrogen and oxygen atoms in total. The molecule has 0 atom stereocenters. The van der Waals surface area contributed by atoms with E-state index in [4.69, 9.17) is 10.2 Å². The van der Waals surface area contributed by atoms with Crippen LogP contribution < -0.4 is 0 Å². The summed E-state index contributed by atoms with van der Waals surface area (Å²) in [7, 11) is 0. The Morgan fingerprint density at radius 2 is 1.17 bits per heavy atom. The minimum atomic E-state index is -0.819. The molecule has 0 aromatic heterocycles. The minimum Gasteiger partial charge on any atom is -0.481 e. The van der Waals surface area contributed by atoms with Crippen LogP contribution in [0.4, 0.5) is 0 Å². The van der Waals surface area contributed by atoms with Gasteiger partial charge in [-0.2, -0.15) is 0 Å². The predicted molar refractivity (Wildman–Crippen MR) is 38.4 cm³/mol. The van der Waals surface area contributed by atoms with Gasteiger partial charge in [-0.3, -0.25) is 9.59 Å². The van der Waals surface area contributed by atoms with E-state index in [0.717, 1.165) is 0 Å². The molecule has 0 unspecified atom stereocenters. The van der Waals surface area contributed by atoms with Gasteiger partial charge < -0.3 is 10.2 Å². The molecule has 0 radical (unpaired) electrons. The molecule has 0 aliphatic rings. The van der Waals surface area contributed by atoms with E-state index in [9.17, 15) is 9.59 Å². The van der Waals surface area contributed by atoms with Crippen molar-refractivity contribution in [3.8, 4) is 0 Å². The van der Waals surface area contributed by atoms with Crippen LogP contribution in [0.5, 0.6) is 0 Å². The molecule has 0 bridgehead atoms. The summed E-state index contributed by atoms with van der Waals surface area (Å²) in [4.78, 5) is 20.0. The molecule has 0 aromatic rings. The second kappa shape index (κ2) is 8.53. The molecule has 0 fully saturated rings. The number of hydrogen-bond acceptors (Lipinski definition) is 2. The quantitative estimate of drug-likeness (QED) is 0.518. The largest absolute Gasteiger partial charge is 2.00 e. The number of rotatable bonds is 6. The summed E-state index contributed by atoms with van der Waals surface area (Å²) < 4.78 is 0. The molecule has 2 N–H and O–H groups in total. The summed E-state index contributed by atoms with van der Waals surface area (Å²) in [6.07, 6.45) is 2.10. The van der Waals surface area contributed by atoms with Crippen molar-refractivity contribution in [1.82, 2.24) is 0 Å². The van der Waals surface area contributed by atoms with E-state index in [1.54, 1.807) is 0 Å². The van der Waals surface area contributed by atoms with Crippen LogP contribution in [0.1, 0.15) is 32.1 Å². The zero-order chi connectivity index (χ0) is 8.69. The third kappa shape index (κ3) is 12.1. The van der Waals surface area contributed by atoms with Gasteiger partial charge in [0.15, 0.2) is 0 Å². The Balaban J connectivity index is 0. The Morgan fingerprint density at radius 3 is 1.42 bits per heavy atom. The van der Waals surface area contributed by atoms with Gasteiger partial charge in [-0.1, -0.05) is 6.42 Å². The van der Waals surface area contributed by atoms with Crippen molar-refractivity contribution in [1.29, 1.82) is 0 Å². The molecular weight excluding hydrogens is 207 g/mol. The first-order valence-corrected chi connectivity index (χ1v) is 3.56. The molecule has 0 saturated carbocycles. The van der Waals surface area contributed by atoms with E-state index < -0.39 is 11.9 Å². The monoisotopic (exact) mass is 218 g/mol. The standard InChI is InChI=1S/C7H12O4.Ni/c8-6(9)4-2-1-3-5-7(10)11;/h1-5H2,(H,8,9)(H,10,11);/q;+2. The second-order valence-corrected chi connectivity index (χ2v) is 2.35. The maximum atomic E-state index is 9.98.